The van der Waals surface area contributed by atoms with Crippen molar-refractivity contribution in [1.82, 2.24) is 4.57 Å². The Bertz CT molecular complexity index is 1290. The van der Waals surface area contributed by atoms with Gasteiger partial charge in [-0.25, -0.2) is 4.79 Å². The van der Waals surface area contributed by atoms with Crippen LogP contribution in [-0.2, 0) is 0 Å². The van der Waals surface area contributed by atoms with Crippen LogP contribution in [0.4, 0.5) is 0 Å². The van der Waals surface area contributed by atoms with Crippen molar-refractivity contribution in [1.29, 1.82) is 5.26 Å². The summed E-state index contributed by atoms with van der Waals surface area (Å²) in [5.41, 5.74) is 4.94. The molecule has 0 saturated carbocycles. The molecule has 0 spiro atoms. The monoisotopic (exact) mass is 380 g/mol. The van der Waals surface area contributed by atoms with Gasteiger partial charge in [-0.2, -0.15) is 5.26 Å². The normalized spacial score (nSPS) is 10.6. The molecule has 4 rings (SSSR count). The van der Waals surface area contributed by atoms with E-state index in [4.69, 9.17) is 5.11 Å². The van der Waals surface area contributed by atoms with Gasteiger partial charge in [0.05, 0.1) is 16.6 Å². The predicted molar refractivity (Wildman–Crippen MR) is 110 cm³/mol. The average molecular weight is 380 g/mol. The van der Waals surface area contributed by atoms with Crippen LogP contribution in [0.25, 0.3) is 27.7 Å². The van der Waals surface area contributed by atoms with E-state index in [2.05, 4.69) is 6.07 Å². The molecule has 0 bridgehead atoms. The summed E-state index contributed by atoms with van der Waals surface area (Å²) < 4.78 is 1.88. The molecule has 29 heavy (non-hydrogen) atoms. The van der Waals surface area contributed by atoms with Crippen LogP contribution in [-0.4, -0.2) is 21.4 Å². The minimum absolute atomic E-state index is 0.0183. The minimum atomic E-state index is -0.980. The first-order valence-corrected chi connectivity index (χ1v) is 8.98. The number of rotatable bonds is 4. The highest BCUT2D eigenvalue weighted by molar-refractivity contribution is 5.95. The lowest BCUT2D eigenvalue weighted by Crippen LogP contribution is -1.97. The lowest BCUT2D eigenvalue weighted by atomic mass is 10.0. The van der Waals surface area contributed by atoms with Crippen molar-refractivity contribution >= 4 is 22.7 Å². The molecular weight excluding hydrogens is 364 g/mol. The first kappa shape index (κ1) is 18.2. The lowest BCUT2D eigenvalue weighted by Gasteiger charge is -2.07. The predicted octanol–water partition coefficient (Wildman–Crippen LogP) is 5.07. The van der Waals surface area contributed by atoms with Crippen molar-refractivity contribution in [3.8, 4) is 22.9 Å². The standard InChI is InChI=1S/C24H16N2O3/c1-15(27)16-2-4-17(5-3-16)19-8-11-23-22(12-19)20(13-25)14-26(23)21-9-6-18(7-10-21)24(28)29/h2-12,14H,1H3,(H,28,29). The summed E-state index contributed by atoms with van der Waals surface area (Å²) in [5.74, 6) is -0.961. The topological polar surface area (TPSA) is 83.1 Å². The lowest BCUT2D eigenvalue weighted by molar-refractivity contribution is 0.0696. The van der Waals surface area contributed by atoms with Gasteiger partial charge in [-0.15, -0.1) is 0 Å². The second-order valence-corrected chi connectivity index (χ2v) is 6.74. The number of hydrogen-bond acceptors (Lipinski definition) is 3. The average Bonchev–Trinajstić information content (AvgIpc) is 3.12. The summed E-state index contributed by atoms with van der Waals surface area (Å²) >= 11 is 0. The number of nitrogens with zero attached hydrogens (tertiary/aromatic N) is 2. The molecule has 3 aromatic carbocycles. The molecule has 0 saturated heterocycles. The Morgan fingerprint density at radius 2 is 1.52 bits per heavy atom. The van der Waals surface area contributed by atoms with Gasteiger partial charge in [0.25, 0.3) is 0 Å². The number of ketones is 1. The molecule has 0 atom stereocenters. The minimum Gasteiger partial charge on any atom is -0.478 e. The number of Topliss-reactive ketones (excluding diaryl/α,β-unsaturated/α-hetero) is 1. The zero-order valence-corrected chi connectivity index (χ0v) is 15.6. The first-order valence-electron chi connectivity index (χ1n) is 8.98. The van der Waals surface area contributed by atoms with Gasteiger partial charge in [0.2, 0.25) is 0 Å². The van der Waals surface area contributed by atoms with Crippen molar-refractivity contribution in [3.63, 3.8) is 0 Å². The highest BCUT2D eigenvalue weighted by atomic mass is 16.4. The highest BCUT2D eigenvalue weighted by Crippen LogP contribution is 2.30. The Kier molecular flexibility index (Phi) is 4.46. The SMILES string of the molecule is CC(=O)c1ccc(-c2ccc3c(c2)c(C#N)cn3-c2ccc(C(=O)O)cc2)cc1. The molecule has 1 N–H and O–H groups in total. The van der Waals surface area contributed by atoms with Crippen LogP contribution in [0.5, 0.6) is 0 Å². The number of carboxylic acids is 1. The summed E-state index contributed by atoms with van der Waals surface area (Å²) in [6.07, 6.45) is 1.75. The molecule has 5 heteroatoms. The second kappa shape index (κ2) is 7.10. The van der Waals surface area contributed by atoms with E-state index in [0.29, 0.717) is 11.1 Å². The Labute approximate surface area is 167 Å². The van der Waals surface area contributed by atoms with Gasteiger partial charge in [-0.05, 0) is 54.4 Å². The summed E-state index contributed by atoms with van der Waals surface area (Å²) in [6, 6.07) is 22.0. The van der Waals surface area contributed by atoms with E-state index in [1.54, 1.807) is 42.6 Å². The van der Waals surface area contributed by atoms with E-state index in [0.717, 1.165) is 27.7 Å². The zero-order chi connectivity index (χ0) is 20.5. The van der Waals surface area contributed by atoms with E-state index in [9.17, 15) is 14.9 Å². The van der Waals surface area contributed by atoms with E-state index in [-0.39, 0.29) is 11.3 Å². The molecule has 0 aliphatic carbocycles. The maximum atomic E-state index is 11.5. The van der Waals surface area contributed by atoms with Crippen LogP contribution in [0.15, 0.2) is 72.9 Å². The second-order valence-electron chi connectivity index (χ2n) is 6.74. The third-order valence-corrected chi connectivity index (χ3v) is 4.94. The van der Waals surface area contributed by atoms with E-state index in [1.165, 1.54) is 6.92 Å². The summed E-state index contributed by atoms with van der Waals surface area (Å²) in [6.45, 7) is 1.53. The third kappa shape index (κ3) is 3.28. The summed E-state index contributed by atoms with van der Waals surface area (Å²) in [7, 11) is 0. The van der Waals surface area contributed by atoms with Crippen LogP contribution in [0.3, 0.4) is 0 Å². The maximum absolute atomic E-state index is 11.5. The largest absolute Gasteiger partial charge is 0.478 e. The number of aromatic carboxylic acids is 1. The number of benzene rings is 3. The Morgan fingerprint density at radius 3 is 2.10 bits per heavy atom. The number of carboxylic acid groups (broad SMARTS) is 1. The molecule has 140 valence electrons. The Hall–Kier alpha value is -4.17. The van der Waals surface area contributed by atoms with Crippen molar-refractivity contribution in [2.24, 2.45) is 0 Å². The van der Waals surface area contributed by atoms with Crippen LogP contribution >= 0.6 is 0 Å². The number of carbonyl (C=O) groups is 2. The zero-order valence-electron chi connectivity index (χ0n) is 15.6. The van der Waals surface area contributed by atoms with Gasteiger partial charge in [-0.3, -0.25) is 4.79 Å². The number of fused-ring (bicyclic) bond motifs is 1. The Morgan fingerprint density at radius 1 is 0.897 bits per heavy atom. The quantitative estimate of drug-likeness (QED) is 0.501. The van der Waals surface area contributed by atoms with Gasteiger partial charge < -0.3 is 9.67 Å². The molecule has 0 fully saturated rings. The molecule has 0 radical (unpaired) electrons. The van der Waals surface area contributed by atoms with Crippen molar-refractivity contribution in [3.05, 3.63) is 89.6 Å². The number of carbonyl (C=O) groups excluding carboxylic acids is 1. The fourth-order valence-corrected chi connectivity index (χ4v) is 3.37. The molecule has 5 nitrogen and oxygen atoms in total. The van der Waals surface area contributed by atoms with Gasteiger partial charge in [-0.1, -0.05) is 30.3 Å². The maximum Gasteiger partial charge on any atom is 0.335 e. The van der Waals surface area contributed by atoms with Crippen LogP contribution in [0.2, 0.25) is 0 Å². The molecule has 1 aromatic heterocycles. The summed E-state index contributed by atoms with van der Waals surface area (Å²) in [5, 5.41) is 19.5. The van der Waals surface area contributed by atoms with Gasteiger partial charge in [0.15, 0.2) is 5.78 Å². The fraction of sp³-hybridized carbons (Fsp3) is 0.0417. The molecular formula is C24H16N2O3. The highest BCUT2D eigenvalue weighted by Gasteiger charge is 2.12. The molecule has 0 amide bonds. The molecule has 1 heterocycles. The van der Waals surface area contributed by atoms with Gasteiger partial charge in [0.1, 0.15) is 6.07 Å². The Balaban J connectivity index is 1.81. The van der Waals surface area contributed by atoms with E-state index >= 15 is 0 Å². The third-order valence-electron chi connectivity index (χ3n) is 4.94. The molecule has 0 unspecified atom stereocenters. The van der Waals surface area contributed by atoms with Gasteiger partial charge >= 0.3 is 5.97 Å². The summed E-state index contributed by atoms with van der Waals surface area (Å²) in [4.78, 5) is 22.5. The van der Waals surface area contributed by atoms with E-state index in [1.807, 2.05) is 34.9 Å². The van der Waals surface area contributed by atoms with Crippen molar-refractivity contribution in [2.45, 2.75) is 6.92 Å². The number of nitriles is 1. The van der Waals surface area contributed by atoms with Crippen LogP contribution < -0.4 is 0 Å². The molecule has 0 aliphatic rings. The van der Waals surface area contributed by atoms with Crippen molar-refractivity contribution in [2.75, 3.05) is 0 Å². The van der Waals surface area contributed by atoms with Crippen LogP contribution in [0.1, 0.15) is 33.2 Å². The molecule has 4 aromatic rings. The smallest absolute Gasteiger partial charge is 0.335 e. The molecule has 0 aliphatic heterocycles. The van der Waals surface area contributed by atoms with E-state index < -0.39 is 5.97 Å². The van der Waals surface area contributed by atoms with Crippen molar-refractivity contribution < 1.29 is 14.7 Å². The fourth-order valence-electron chi connectivity index (χ4n) is 3.37. The van der Waals surface area contributed by atoms with Crippen LogP contribution in [0, 0.1) is 11.3 Å². The first-order chi connectivity index (χ1) is 14.0. The van der Waals surface area contributed by atoms with Gasteiger partial charge in [0, 0.05) is 22.8 Å². The number of aromatic nitrogens is 1. The number of hydrogen-bond donors (Lipinski definition) is 1.